The first-order chi connectivity index (χ1) is 11.0. The van der Waals surface area contributed by atoms with E-state index in [9.17, 15) is 9.59 Å². The van der Waals surface area contributed by atoms with E-state index >= 15 is 0 Å². The second kappa shape index (κ2) is 8.11. The molecule has 23 heavy (non-hydrogen) atoms. The van der Waals surface area contributed by atoms with Crippen molar-refractivity contribution in [3.8, 4) is 0 Å². The van der Waals surface area contributed by atoms with E-state index in [1.54, 1.807) is 7.11 Å². The normalized spacial score (nSPS) is 29.7. The maximum atomic E-state index is 12.3. The van der Waals surface area contributed by atoms with E-state index in [4.69, 9.17) is 9.47 Å². The molecule has 1 fully saturated rings. The van der Waals surface area contributed by atoms with Crippen LogP contribution in [-0.4, -0.2) is 38.2 Å². The van der Waals surface area contributed by atoms with Gasteiger partial charge in [0.1, 0.15) is 6.10 Å². The van der Waals surface area contributed by atoms with Gasteiger partial charge in [0.05, 0.1) is 6.61 Å². The van der Waals surface area contributed by atoms with Gasteiger partial charge in [-0.3, -0.25) is 4.79 Å². The van der Waals surface area contributed by atoms with Gasteiger partial charge in [-0.2, -0.15) is 0 Å². The SMILES string of the molecule is C=C1C(=O)O[C@@H]2/C=C(\C)CC/C=C(\C(=O)NCCOC)CC[C@H]12. The summed E-state index contributed by atoms with van der Waals surface area (Å²) >= 11 is 0. The Morgan fingerprint density at radius 2 is 2.26 bits per heavy atom. The molecule has 1 N–H and O–H groups in total. The van der Waals surface area contributed by atoms with Crippen LogP contribution < -0.4 is 5.32 Å². The minimum Gasteiger partial charge on any atom is -0.454 e. The molecule has 1 amide bonds. The smallest absolute Gasteiger partial charge is 0.334 e. The lowest BCUT2D eigenvalue weighted by atomic mass is 9.87. The van der Waals surface area contributed by atoms with E-state index in [1.165, 1.54) is 5.57 Å². The molecule has 1 aliphatic heterocycles. The maximum absolute atomic E-state index is 12.3. The number of hydrogen-bond donors (Lipinski definition) is 1. The van der Waals surface area contributed by atoms with E-state index in [-0.39, 0.29) is 23.9 Å². The third-order valence-corrected chi connectivity index (χ3v) is 4.34. The highest BCUT2D eigenvalue weighted by Gasteiger charge is 2.37. The number of nitrogens with one attached hydrogen (secondary N) is 1. The van der Waals surface area contributed by atoms with E-state index in [1.807, 2.05) is 19.1 Å². The molecule has 0 unspecified atom stereocenters. The molecule has 126 valence electrons. The highest BCUT2D eigenvalue weighted by atomic mass is 16.5. The molecular weight excluding hydrogens is 294 g/mol. The Bertz CT molecular complexity index is 547. The number of amides is 1. The van der Waals surface area contributed by atoms with Crippen LogP contribution in [-0.2, 0) is 19.1 Å². The number of methoxy groups -OCH3 is 1. The predicted octanol–water partition coefficient (Wildman–Crippen LogP) is 2.29. The van der Waals surface area contributed by atoms with Crippen LogP contribution >= 0.6 is 0 Å². The van der Waals surface area contributed by atoms with Crippen LogP contribution in [0.5, 0.6) is 0 Å². The highest BCUT2D eigenvalue weighted by Crippen LogP contribution is 2.34. The molecular formula is C18H25NO4. The van der Waals surface area contributed by atoms with Crippen LogP contribution in [0.4, 0.5) is 0 Å². The van der Waals surface area contributed by atoms with Crippen molar-refractivity contribution in [3.05, 3.63) is 35.5 Å². The van der Waals surface area contributed by atoms with Crippen LogP contribution in [0.2, 0.25) is 0 Å². The largest absolute Gasteiger partial charge is 0.454 e. The summed E-state index contributed by atoms with van der Waals surface area (Å²) in [4.78, 5) is 24.1. The van der Waals surface area contributed by atoms with Crippen LogP contribution in [0.25, 0.3) is 0 Å². The standard InChI is InChI=1S/C18H25NO4/c1-12-5-4-6-14(17(20)19-9-10-22-3)7-8-15-13(2)18(21)23-16(15)11-12/h6,11,15-16H,2,4-5,7-10H2,1,3H3,(H,19,20)/b12-11+,14-6-/t15-,16-/m1/s1. The van der Waals surface area contributed by atoms with Crippen molar-refractivity contribution in [2.75, 3.05) is 20.3 Å². The average molecular weight is 319 g/mol. The number of carbonyl (C=O) groups is 2. The zero-order valence-electron chi connectivity index (χ0n) is 13.9. The minimum absolute atomic E-state index is 0.0503. The number of fused-ring (bicyclic) bond motifs is 1. The zero-order chi connectivity index (χ0) is 16.8. The topological polar surface area (TPSA) is 64.6 Å². The summed E-state index contributed by atoms with van der Waals surface area (Å²) < 4.78 is 10.4. The molecule has 1 aliphatic carbocycles. The van der Waals surface area contributed by atoms with Crippen LogP contribution in [0.15, 0.2) is 35.5 Å². The molecule has 0 aromatic rings. The molecule has 2 rings (SSSR count). The summed E-state index contributed by atoms with van der Waals surface area (Å²) in [6.07, 6.45) is 6.73. The first-order valence-electron chi connectivity index (χ1n) is 8.06. The molecule has 5 heteroatoms. The van der Waals surface area contributed by atoms with Gasteiger partial charge >= 0.3 is 5.97 Å². The number of allylic oxidation sites excluding steroid dienone is 2. The van der Waals surface area contributed by atoms with Crippen molar-refractivity contribution in [1.29, 1.82) is 0 Å². The summed E-state index contributed by atoms with van der Waals surface area (Å²) in [7, 11) is 1.60. The number of esters is 1. The predicted molar refractivity (Wildman–Crippen MR) is 87.7 cm³/mol. The second-order valence-corrected chi connectivity index (χ2v) is 6.07. The number of carbonyl (C=O) groups excluding carboxylic acids is 2. The second-order valence-electron chi connectivity index (χ2n) is 6.07. The van der Waals surface area contributed by atoms with E-state index in [2.05, 4.69) is 11.9 Å². The summed E-state index contributed by atoms with van der Waals surface area (Å²) in [5, 5.41) is 2.86. The molecule has 0 spiro atoms. The van der Waals surface area contributed by atoms with Crippen LogP contribution in [0, 0.1) is 5.92 Å². The molecule has 0 aromatic carbocycles. The fourth-order valence-corrected chi connectivity index (χ4v) is 2.96. The third kappa shape index (κ3) is 4.55. The van der Waals surface area contributed by atoms with Gasteiger partial charge in [0.2, 0.25) is 5.91 Å². The Kier molecular flexibility index (Phi) is 6.16. The van der Waals surface area contributed by atoms with Gasteiger partial charge in [-0.25, -0.2) is 4.79 Å². The lowest BCUT2D eigenvalue weighted by molar-refractivity contribution is -0.137. The summed E-state index contributed by atoms with van der Waals surface area (Å²) in [5.74, 6) is -0.430. The van der Waals surface area contributed by atoms with Crippen molar-refractivity contribution in [3.63, 3.8) is 0 Å². The molecule has 0 radical (unpaired) electrons. The van der Waals surface area contributed by atoms with Gasteiger partial charge in [0.15, 0.2) is 0 Å². The Morgan fingerprint density at radius 1 is 1.48 bits per heavy atom. The molecule has 1 saturated heterocycles. The third-order valence-electron chi connectivity index (χ3n) is 4.34. The van der Waals surface area contributed by atoms with Gasteiger partial charge in [-0.05, 0) is 38.7 Å². The average Bonchev–Trinajstić information content (AvgIpc) is 2.77. The quantitative estimate of drug-likeness (QED) is 0.374. The molecule has 0 bridgehead atoms. The van der Waals surface area contributed by atoms with E-state index in [0.29, 0.717) is 31.6 Å². The van der Waals surface area contributed by atoms with E-state index in [0.717, 1.165) is 18.4 Å². The first kappa shape index (κ1) is 17.5. The summed E-state index contributed by atoms with van der Waals surface area (Å²) in [6.45, 7) is 6.87. The Balaban J connectivity index is 2.10. The van der Waals surface area contributed by atoms with Gasteiger partial charge in [-0.1, -0.05) is 18.2 Å². The van der Waals surface area contributed by atoms with Crippen molar-refractivity contribution in [2.45, 2.75) is 38.7 Å². The summed E-state index contributed by atoms with van der Waals surface area (Å²) in [6, 6.07) is 0. The van der Waals surface area contributed by atoms with Crippen molar-refractivity contribution >= 4 is 11.9 Å². The van der Waals surface area contributed by atoms with Gasteiger partial charge in [0.25, 0.3) is 0 Å². The molecule has 2 aliphatic rings. The van der Waals surface area contributed by atoms with Crippen molar-refractivity contribution in [1.82, 2.24) is 5.32 Å². The Labute approximate surface area is 137 Å². The summed E-state index contributed by atoms with van der Waals surface area (Å²) in [5.41, 5.74) is 2.44. The Morgan fingerprint density at radius 3 is 3.00 bits per heavy atom. The highest BCUT2D eigenvalue weighted by molar-refractivity contribution is 5.93. The number of ether oxygens (including phenoxy) is 2. The fourth-order valence-electron chi connectivity index (χ4n) is 2.96. The van der Waals surface area contributed by atoms with E-state index < -0.39 is 0 Å². The molecule has 0 saturated carbocycles. The number of hydrogen-bond acceptors (Lipinski definition) is 4. The van der Waals surface area contributed by atoms with Gasteiger partial charge in [-0.15, -0.1) is 0 Å². The van der Waals surface area contributed by atoms with Gasteiger partial charge in [0, 0.05) is 30.7 Å². The lowest BCUT2D eigenvalue weighted by Crippen LogP contribution is -2.29. The van der Waals surface area contributed by atoms with Gasteiger partial charge < -0.3 is 14.8 Å². The van der Waals surface area contributed by atoms with Crippen molar-refractivity contribution < 1.29 is 19.1 Å². The zero-order valence-corrected chi connectivity index (χ0v) is 13.9. The lowest BCUT2D eigenvalue weighted by Gasteiger charge is -2.18. The fraction of sp³-hybridized carbons (Fsp3) is 0.556. The maximum Gasteiger partial charge on any atom is 0.334 e. The number of rotatable bonds is 4. The van der Waals surface area contributed by atoms with Crippen molar-refractivity contribution in [2.24, 2.45) is 5.92 Å². The molecule has 0 aromatic heterocycles. The first-order valence-corrected chi connectivity index (χ1v) is 8.06. The molecule has 5 nitrogen and oxygen atoms in total. The molecule has 2 atom stereocenters. The van der Waals surface area contributed by atoms with Crippen LogP contribution in [0.1, 0.15) is 32.6 Å². The molecule has 1 heterocycles. The Hall–Kier alpha value is -1.88. The monoisotopic (exact) mass is 319 g/mol. The minimum atomic E-state index is -0.321. The van der Waals surface area contributed by atoms with Crippen LogP contribution in [0.3, 0.4) is 0 Å².